The molecule has 0 spiro atoms. The van der Waals surface area contributed by atoms with Gasteiger partial charge in [-0.05, 0) is 24.3 Å². The molecule has 11 heteroatoms. The van der Waals surface area contributed by atoms with Gasteiger partial charge >= 0.3 is 0 Å². The van der Waals surface area contributed by atoms with Crippen molar-refractivity contribution in [2.75, 3.05) is 10.0 Å². The summed E-state index contributed by atoms with van der Waals surface area (Å²) in [6.07, 6.45) is 4.47. The second kappa shape index (κ2) is 7.21. The van der Waals surface area contributed by atoms with Crippen LogP contribution in [0.15, 0.2) is 53.1 Å². The van der Waals surface area contributed by atoms with Gasteiger partial charge in [-0.3, -0.25) is 14.2 Å². The number of hydrogen-bond donors (Lipinski definition) is 2. The number of nitrogens with one attached hydrogen (secondary N) is 2. The molecule has 0 aliphatic carbocycles. The molecule has 2 heterocycles. The third-order valence-electron chi connectivity index (χ3n) is 3.01. The Labute approximate surface area is 152 Å². The van der Waals surface area contributed by atoms with E-state index >= 15 is 0 Å². The maximum Gasteiger partial charge on any atom is 0.263 e. The van der Waals surface area contributed by atoms with Gasteiger partial charge in [-0.15, -0.1) is 11.3 Å². The predicted octanol–water partition coefficient (Wildman–Crippen LogP) is 2.43. The number of aromatic nitrogens is 3. The SMILES string of the molecule is O=C(Cn1cc(Cl)cn1)Nc1ccc(S(=O)(=O)Nc2nccs2)cc1. The number of benzene rings is 1. The highest BCUT2D eigenvalue weighted by Crippen LogP contribution is 2.19. The summed E-state index contributed by atoms with van der Waals surface area (Å²) < 4.78 is 28.2. The summed E-state index contributed by atoms with van der Waals surface area (Å²) in [7, 11) is -3.72. The lowest BCUT2D eigenvalue weighted by molar-refractivity contribution is -0.116. The Morgan fingerprint density at radius 2 is 2.04 bits per heavy atom. The van der Waals surface area contributed by atoms with Crippen LogP contribution in [0.4, 0.5) is 10.8 Å². The molecule has 8 nitrogen and oxygen atoms in total. The van der Waals surface area contributed by atoms with Gasteiger partial charge in [0.15, 0.2) is 5.13 Å². The Balaban J connectivity index is 1.64. The first kappa shape index (κ1) is 17.4. The van der Waals surface area contributed by atoms with Crippen molar-refractivity contribution in [1.29, 1.82) is 0 Å². The maximum atomic E-state index is 12.2. The number of carbonyl (C=O) groups is 1. The van der Waals surface area contributed by atoms with Crippen LogP contribution in [0.1, 0.15) is 0 Å². The van der Waals surface area contributed by atoms with E-state index in [1.807, 2.05) is 0 Å². The molecule has 0 atom stereocenters. The van der Waals surface area contributed by atoms with E-state index in [4.69, 9.17) is 11.6 Å². The smallest absolute Gasteiger partial charge is 0.263 e. The second-order valence-electron chi connectivity index (χ2n) is 4.87. The van der Waals surface area contributed by atoms with Gasteiger partial charge in [-0.2, -0.15) is 5.10 Å². The zero-order valence-electron chi connectivity index (χ0n) is 12.6. The molecular formula is C14H12ClN5O3S2. The quantitative estimate of drug-likeness (QED) is 0.664. The molecule has 0 radical (unpaired) electrons. The summed E-state index contributed by atoms with van der Waals surface area (Å²) in [6.45, 7) is -0.00161. The van der Waals surface area contributed by atoms with E-state index in [0.717, 1.165) is 0 Å². The molecular weight excluding hydrogens is 386 g/mol. The first-order valence-corrected chi connectivity index (χ1v) is 9.67. The van der Waals surface area contributed by atoms with Crippen molar-refractivity contribution < 1.29 is 13.2 Å². The van der Waals surface area contributed by atoms with Gasteiger partial charge in [0.05, 0.1) is 16.1 Å². The van der Waals surface area contributed by atoms with E-state index in [1.54, 1.807) is 5.38 Å². The molecule has 130 valence electrons. The first-order chi connectivity index (χ1) is 11.9. The fraction of sp³-hybridized carbons (Fsp3) is 0.0714. The predicted molar refractivity (Wildman–Crippen MR) is 95.2 cm³/mol. The zero-order valence-corrected chi connectivity index (χ0v) is 15.0. The summed E-state index contributed by atoms with van der Waals surface area (Å²) in [6, 6.07) is 5.81. The highest BCUT2D eigenvalue weighted by Gasteiger charge is 2.15. The van der Waals surface area contributed by atoms with Crippen molar-refractivity contribution in [2.24, 2.45) is 0 Å². The summed E-state index contributed by atoms with van der Waals surface area (Å²) >= 11 is 6.92. The number of nitrogens with zero attached hydrogens (tertiary/aromatic N) is 3. The Kier molecular flexibility index (Phi) is 5.02. The van der Waals surface area contributed by atoms with Gasteiger partial charge in [-0.1, -0.05) is 11.6 Å². The van der Waals surface area contributed by atoms with Gasteiger partial charge < -0.3 is 5.32 Å². The maximum absolute atomic E-state index is 12.2. The van der Waals surface area contributed by atoms with E-state index in [9.17, 15) is 13.2 Å². The Hall–Kier alpha value is -2.43. The van der Waals surface area contributed by atoms with E-state index in [2.05, 4.69) is 20.1 Å². The monoisotopic (exact) mass is 397 g/mol. The van der Waals surface area contributed by atoms with Crippen molar-refractivity contribution in [2.45, 2.75) is 11.4 Å². The van der Waals surface area contributed by atoms with Crippen LogP contribution < -0.4 is 10.0 Å². The van der Waals surface area contributed by atoms with Crippen LogP contribution in [-0.2, 0) is 21.4 Å². The highest BCUT2D eigenvalue weighted by atomic mass is 35.5. The number of carbonyl (C=O) groups excluding carboxylic acids is 1. The third-order valence-corrected chi connectivity index (χ3v) is 5.38. The summed E-state index contributed by atoms with van der Waals surface area (Å²) in [5, 5.41) is 8.96. The molecule has 3 rings (SSSR count). The lowest BCUT2D eigenvalue weighted by Crippen LogP contribution is -2.19. The fourth-order valence-electron chi connectivity index (χ4n) is 1.94. The van der Waals surface area contributed by atoms with Crippen molar-refractivity contribution in [3.05, 3.63) is 53.3 Å². The molecule has 0 saturated carbocycles. The summed E-state index contributed by atoms with van der Waals surface area (Å²) in [5.41, 5.74) is 0.469. The molecule has 0 unspecified atom stereocenters. The summed E-state index contributed by atoms with van der Waals surface area (Å²) in [4.78, 5) is 15.9. The number of rotatable bonds is 6. The number of amides is 1. The fourth-order valence-corrected chi connectivity index (χ4v) is 3.88. The molecule has 0 fully saturated rings. The molecule has 1 amide bonds. The normalized spacial score (nSPS) is 11.2. The molecule has 2 aromatic heterocycles. The number of sulfonamides is 1. The minimum atomic E-state index is -3.72. The van der Waals surface area contributed by atoms with Crippen LogP contribution in [-0.4, -0.2) is 29.1 Å². The van der Waals surface area contributed by atoms with Crippen LogP contribution in [0.3, 0.4) is 0 Å². The molecule has 0 saturated heterocycles. The Morgan fingerprint density at radius 3 is 2.64 bits per heavy atom. The van der Waals surface area contributed by atoms with Crippen molar-refractivity contribution in [3.8, 4) is 0 Å². The molecule has 25 heavy (non-hydrogen) atoms. The second-order valence-corrected chi connectivity index (χ2v) is 7.88. The third kappa shape index (κ3) is 4.56. The van der Waals surface area contributed by atoms with Crippen molar-refractivity contribution >= 4 is 49.7 Å². The van der Waals surface area contributed by atoms with Crippen LogP contribution in [0.25, 0.3) is 0 Å². The standard InChI is InChI=1S/C14H12ClN5O3S2/c15-10-7-17-20(8-10)9-13(21)18-11-1-3-12(4-2-11)25(22,23)19-14-16-5-6-24-14/h1-8H,9H2,(H,16,19)(H,18,21). The van der Waals surface area contributed by atoms with Crippen LogP contribution >= 0.6 is 22.9 Å². The molecule has 3 aromatic rings. The highest BCUT2D eigenvalue weighted by molar-refractivity contribution is 7.93. The lowest BCUT2D eigenvalue weighted by Gasteiger charge is -2.08. The van der Waals surface area contributed by atoms with Gasteiger partial charge in [0.25, 0.3) is 10.0 Å². The minimum absolute atomic E-state index is 0.00161. The minimum Gasteiger partial charge on any atom is -0.324 e. The average Bonchev–Trinajstić information content (AvgIpc) is 3.19. The Morgan fingerprint density at radius 1 is 1.28 bits per heavy atom. The molecule has 0 bridgehead atoms. The van der Waals surface area contributed by atoms with Crippen LogP contribution in [0, 0.1) is 0 Å². The van der Waals surface area contributed by atoms with Crippen LogP contribution in [0.2, 0.25) is 5.02 Å². The van der Waals surface area contributed by atoms with Gasteiger partial charge in [0, 0.05) is 23.5 Å². The van der Waals surface area contributed by atoms with E-state index in [-0.39, 0.29) is 22.5 Å². The van der Waals surface area contributed by atoms with Crippen molar-refractivity contribution in [3.63, 3.8) is 0 Å². The molecule has 0 aliphatic heterocycles. The van der Waals surface area contributed by atoms with Gasteiger partial charge in [0.2, 0.25) is 5.91 Å². The Bertz CT molecular complexity index is 968. The van der Waals surface area contributed by atoms with Gasteiger partial charge in [-0.25, -0.2) is 13.4 Å². The van der Waals surface area contributed by atoms with E-state index < -0.39 is 10.0 Å². The molecule has 2 N–H and O–H groups in total. The number of hydrogen-bond acceptors (Lipinski definition) is 6. The van der Waals surface area contributed by atoms with Crippen LogP contribution in [0.5, 0.6) is 0 Å². The van der Waals surface area contributed by atoms with E-state index in [0.29, 0.717) is 10.7 Å². The van der Waals surface area contributed by atoms with Crippen molar-refractivity contribution in [1.82, 2.24) is 14.8 Å². The van der Waals surface area contributed by atoms with E-state index in [1.165, 1.54) is 58.9 Å². The lowest BCUT2D eigenvalue weighted by atomic mass is 10.3. The summed E-state index contributed by atoms with van der Waals surface area (Å²) in [5.74, 6) is -0.309. The number of halogens is 1. The van der Waals surface area contributed by atoms with Gasteiger partial charge in [0.1, 0.15) is 6.54 Å². The average molecular weight is 398 g/mol. The topological polar surface area (TPSA) is 106 Å². The molecule has 0 aliphatic rings. The number of thiazole rings is 1. The molecule has 1 aromatic carbocycles. The largest absolute Gasteiger partial charge is 0.324 e. The number of anilines is 2. The first-order valence-electron chi connectivity index (χ1n) is 6.92. The zero-order chi connectivity index (χ0) is 17.9.